The first-order valence-corrected chi connectivity index (χ1v) is 9.52. The molecular weight excluding hydrogens is 394 g/mol. The fourth-order valence-electron chi connectivity index (χ4n) is 2.88. The van der Waals surface area contributed by atoms with Gasteiger partial charge in [-0.05, 0) is 37.1 Å². The summed E-state index contributed by atoms with van der Waals surface area (Å²) in [5.74, 6) is -1.28. The minimum Gasteiger partial charge on any atom is -0.451 e. The summed E-state index contributed by atoms with van der Waals surface area (Å²) < 4.78 is 6.40. The Balaban J connectivity index is 1.79. The summed E-state index contributed by atoms with van der Waals surface area (Å²) in [5, 5.41) is 8.11. The molecule has 1 aromatic heterocycles. The Morgan fingerprint density at radius 3 is 2.59 bits per heavy atom. The van der Waals surface area contributed by atoms with Crippen molar-refractivity contribution in [2.75, 3.05) is 11.9 Å². The molecule has 8 heteroatoms. The van der Waals surface area contributed by atoms with Crippen molar-refractivity contribution in [3.05, 3.63) is 69.1 Å². The number of nitrogens with zero attached hydrogens (tertiary/aromatic N) is 2. The van der Waals surface area contributed by atoms with E-state index in [0.29, 0.717) is 40.0 Å². The van der Waals surface area contributed by atoms with Crippen LogP contribution < -0.4 is 10.9 Å². The van der Waals surface area contributed by atoms with Gasteiger partial charge in [-0.15, -0.1) is 0 Å². The summed E-state index contributed by atoms with van der Waals surface area (Å²) >= 11 is 6.04. The Morgan fingerprint density at radius 1 is 1.14 bits per heavy atom. The maximum absolute atomic E-state index is 12.6. The molecular formula is C21H20ClN3O4. The molecule has 150 valence electrons. The number of aromatic nitrogens is 2. The number of nitrogens with one attached hydrogen (secondary N) is 1. The van der Waals surface area contributed by atoms with Gasteiger partial charge in [-0.25, -0.2) is 9.48 Å². The molecule has 0 fully saturated rings. The predicted octanol–water partition coefficient (Wildman–Crippen LogP) is 3.56. The Kier molecular flexibility index (Phi) is 6.29. The molecule has 0 aliphatic heterocycles. The highest BCUT2D eigenvalue weighted by Crippen LogP contribution is 2.22. The van der Waals surface area contributed by atoms with Crippen LogP contribution in [0.2, 0.25) is 5.02 Å². The molecule has 1 amide bonds. The second-order valence-electron chi connectivity index (χ2n) is 6.46. The molecule has 0 radical (unpaired) electrons. The summed E-state index contributed by atoms with van der Waals surface area (Å²) in [5.41, 5.74) is 0.986. The third kappa shape index (κ3) is 4.46. The number of hydrogen-bond donors (Lipinski definition) is 1. The minimum atomic E-state index is -0.774. The zero-order valence-electron chi connectivity index (χ0n) is 16.1. The summed E-state index contributed by atoms with van der Waals surface area (Å²) in [6.45, 7) is 3.56. The van der Waals surface area contributed by atoms with E-state index in [4.69, 9.17) is 16.3 Å². The third-order valence-corrected chi connectivity index (χ3v) is 4.78. The summed E-state index contributed by atoms with van der Waals surface area (Å²) in [6, 6.07) is 11.8. The van der Waals surface area contributed by atoms with E-state index in [1.807, 2.05) is 6.92 Å². The van der Waals surface area contributed by atoms with Crippen LogP contribution in [-0.2, 0) is 16.1 Å². The fraction of sp³-hybridized carbons (Fsp3) is 0.238. The molecule has 1 N–H and O–H groups in total. The minimum absolute atomic E-state index is 0.000358. The second kappa shape index (κ2) is 8.87. The molecule has 0 spiro atoms. The van der Waals surface area contributed by atoms with Gasteiger partial charge < -0.3 is 10.1 Å². The highest BCUT2D eigenvalue weighted by molar-refractivity contribution is 6.31. The molecule has 0 unspecified atom stereocenters. The van der Waals surface area contributed by atoms with Gasteiger partial charge in [0.05, 0.1) is 5.39 Å². The van der Waals surface area contributed by atoms with Gasteiger partial charge in [-0.1, -0.05) is 42.8 Å². The van der Waals surface area contributed by atoms with E-state index >= 15 is 0 Å². The van der Waals surface area contributed by atoms with Crippen LogP contribution in [0.4, 0.5) is 5.69 Å². The second-order valence-corrected chi connectivity index (χ2v) is 6.87. The van der Waals surface area contributed by atoms with E-state index in [-0.39, 0.29) is 11.3 Å². The van der Waals surface area contributed by atoms with Gasteiger partial charge in [0.25, 0.3) is 11.5 Å². The highest BCUT2D eigenvalue weighted by atomic mass is 35.5. The molecule has 2 aromatic carbocycles. The predicted molar refractivity (Wildman–Crippen MR) is 111 cm³/mol. The number of halogens is 1. The fourth-order valence-corrected chi connectivity index (χ4v) is 3.05. The number of carbonyl (C=O) groups excluding carboxylic acids is 2. The van der Waals surface area contributed by atoms with Gasteiger partial charge in [0.15, 0.2) is 12.3 Å². The van der Waals surface area contributed by atoms with E-state index < -0.39 is 18.5 Å². The van der Waals surface area contributed by atoms with E-state index in [9.17, 15) is 14.4 Å². The van der Waals surface area contributed by atoms with Gasteiger partial charge in [0.1, 0.15) is 0 Å². The van der Waals surface area contributed by atoms with E-state index in [1.54, 1.807) is 49.4 Å². The van der Waals surface area contributed by atoms with E-state index in [1.165, 1.54) is 4.68 Å². The lowest BCUT2D eigenvalue weighted by molar-refractivity contribution is -0.119. The van der Waals surface area contributed by atoms with Crippen molar-refractivity contribution < 1.29 is 14.3 Å². The molecule has 0 aliphatic carbocycles. The lowest BCUT2D eigenvalue weighted by Crippen LogP contribution is -2.27. The molecule has 29 heavy (non-hydrogen) atoms. The first-order chi connectivity index (χ1) is 13.9. The number of benzene rings is 2. The van der Waals surface area contributed by atoms with Crippen molar-refractivity contribution in [3.8, 4) is 0 Å². The van der Waals surface area contributed by atoms with Crippen LogP contribution in [0, 0.1) is 6.92 Å². The van der Waals surface area contributed by atoms with Crippen molar-refractivity contribution in [3.63, 3.8) is 0 Å². The molecule has 3 rings (SSSR count). The highest BCUT2D eigenvalue weighted by Gasteiger charge is 2.19. The quantitative estimate of drug-likeness (QED) is 0.624. The third-order valence-electron chi connectivity index (χ3n) is 4.37. The van der Waals surface area contributed by atoms with Crippen LogP contribution in [0.15, 0.2) is 47.3 Å². The molecule has 0 atom stereocenters. The average Bonchev–Trinajstić information content (AvgIpc) is 2.72. The molecule has 0 saturated heterocycles. The standard InChI is InChI=1S/C21H20ClN3O4/c1-3-11-25-20(27)15-8-5-4-7-14(15)19(24-25)21(28)29-12-18(26)23-17-10-6-9-16(22)13(17)2/h4-10H,3,11-12H2,1-2H3,(H,23,26). The van der Waals surface area contributed by atoms with Crippen molar-refractivity contribution in [1.29, 1.82) is 0 Å². The van der Waals surface area contributed by atoms with Gasteiger partial charge in [-0.3, -0.25) is 9.59 Å². The number of amides is 1. The molecule has 0 saturated carbocycles. The number of fused-ring (bicyclic) bond motifs is 1. The van der Waals surface area contributed by atoms with Gasteiger partial charge in [0, 0.05) is 22.6 Å². The summed E-state index contributed by atoms with van der Waals surface area (Å²) in [7, 11) is 0. The van der Waals surface area contributed by atoms with Crippen LogP contribution in [0.25, 0.3) is 10.8 Å². The topological polar surface area (TPSA) is 90.3 Å². The van der Waals surface area contributed by atoms with Crippen molar-refractivity contribution in [2.45, 2.75) is 26.8 Å². The van der Waals surface area contributed by atoms with Gasteiger partial charge in [-0.2, -0.15) is 5.10 Å². The first kappa shape index (κ1) is 20.5. The Morgan fingerprint density at radius 2 is 1.86 bits per heavy atom. The molecule has 1 heterocycles. The number of hydrogen-bond acceptors (Lipinski definition) is 5. The number of ether oxygens (including phenoxy) is 1. The largest absolute Gasteiger partial charge is 0.451 e. The smallest absolute Gasteiger partial charge is 0.359 e. The monoisotopic (exact) mass is 413 g/mol. The Labute approximate surface area is 172 Å². The summed E-state index contributed by atoms with van der Waals surface area (Å²) in [6.07, 6.45) is 0.682. The number of aryl methyl sites for hydroxylation is 1. The lowest BCUT2D eigenvalue weighted by atomic mass is 10.1. The zero-order valence-corrected chi connectivity index (χ0v) is 16.8. The number of carbonyl (C=O) groups is 2. The van der Waals surface area contributed by atoms with Crippen LogP contribution >= 0.6 is 11.6 Å². The van der Waals surface area contributed by atoms with Crippen molar-refractivity contribution in [2.24, 2.45) is 0 Å². The normalized spacial score (nSPS) is 10.7. The molecule has 7 nitrogen and oxygen atoms in total. The van der Waals surface area contributed by atoms with Gasteiger partial charge >= 0.3 is 5.97 Å². The maximum atomic E-state index is 12.6. The Hall–Kier alpha value is -3.19. The van der Waals surface area contributed by atoms with Crippen LogP contribution in [-0.4, -0.2) is 28.3 Å². The van der Waals surface area contributed by atoms with Crippen LogP contribution in [0.1, 0.15) is 29.4 Å². The van der Waals surface area contributed by atoms with Crippen LogP contribution in [0.3, 0.4) is 0 Å². The van der Waals surface area contributed by atoms with E-state index in [2.05, 4.69) is 10.4 Å². The molecule has 0 bridgehead atoms. The van der Waals surface area contributed by atoms with Gasteiger partial charge in [0.2, 0.25) is 0 Å². The molecule has 3 aromatic rings. The number of anilines is 1. The summed E-state index contributed by atoms with van der Waals surface area (Å²) in [4.78, 5) is 37.3. The Bertz CT molecular complexity index is 1140. The maximum Gasteiger partial charge on any atom is 0.359 e. The average molecular weight is 414 g/mol. The number of rotatable bonds is 6. The lowest BCUT2D eigenvalue weighted by Gasteiger charge is -2.11. The van der Waals surface area contributed by atoms with E-state index in [0.717, 1.165) is 0 Å². The number of esters is 1. The molecule has 0 aliphatic rings. The van der Waals surface area contributed by atoms with Crippen molar-refractivity contribution >= 4 is 39.9 Å². The van der Waals surface area contributed by atoms with Crippen molar-refractivity contribution in [1.82, 2.24) is 9.78 Å². The first-order valence-electron chi connectivity index (χ1n) is 9.14. The van der Waals surface area contributed by atoms with Crippen LogP contribution in [0.5, 0.6) is 0 Å². The zero-order chi connectivity index (χ0) is 21.0. The SMILES string of the molecule is CCCn1nc(C(=O)OCC(=O)Nc2cccc(Cl)c2C)c2ccccc2c1=O.